The average molecular weight is 299 g/mol. The normalized spacial score (nSPS) is 24.2. The average Bonchev–Trinajstić information content (AvgIpc) is 2.25. The van der Waals surface area contributed by atoms with Crippen LogP contribution in [0.15, 0.2) is 0 Å². The molecule has 108 valence electrons. The van der Waals surface area contributed by atoms with Crippen LogP contribution >= 0.6 is 12.4 Å². The van der Waals surface area contributed by atoms with Gasteiger partial charge in [0, 0.05) is 19.8 Å². The van der Waals surface area contributed by atoms with Gasteiger partial charge in [0.1, 0.15) is 9.84 Å². The van der Waals surface area contributed by atoms with E-state index in [1.54, 1.807) is 7.05 Å². The lowest BCUT2D eigenvalue weighted by Gasteiger charge is -2.36. The smallest absolute Gasteiger partial charge is 0.242 e. The minimum absolute atomic E-state index is 0. The van der Waals surface area contributed by atoms with Crippen molar-refractivity contribution in [2.24, 2.45) is 0 Å². The molecule has 1 amide bonds. The van der Waals surface area contributed by atoms with Crippen molar-refractivity contribution in [3.8, 4) is 0 Å². The highest BCUT2D eigenvalue weighted by Crippen LogP contribution is 2.20. The molecule has 0 saturated carbocycles. The fourth-order valence-corrected chi connectivity index (χ4v) is 2.67. The number of hydrogen-bond donors (Lipinski definition) is 1. The molecule has 0 spiro atoms. The van der Waals surface area contributed by atoms with Crippen molar-refractivity contribution in [2.75, 3.05) is 32.1 Å². The monoisotopic (exact) mass is 298 g/mol. The number of likely N-dealkylation sites (N-methyl/N-ethyl adjacent to an activating group) is 1. The van der Waals surface area contributed by atoms with E-state index in [4.69, 9.17) is 0 Å². The quantitative estimate of drug-likeness (QED) is 0.818. The second kappa shape index (κ2) is 6.73. The molecule has 1 heterocycles. The first-order valence-electron chi connectivity index (χ1n) is 5.93. The third-order valence-electron chi connectivity index (χ3n) is 3.23. The third kappa shape index (κ3) is 5.12. The van der Waals surface area contributed by atoms with Gasteiger partial charge in [0.15, 0.2) is 0 Å². The summed E-state index contributed by atoms with van der Waals surface area (Å²) in [6.07, 6.45) is 4.13. The van der Waals surface area contributed by atoms with Crippen LogP contribution in [-0.4, -0.2) is 56.9 Å². The molecule has 0 aromatic rings. The van der Waals surface area contributed by atoms with Gasteiger partial charge in [-0.05, 0) is 32.7 Å². The first-order valence-corrected chi connectivity index (χ1v) is 7.99. The Bertz CT molecular complexity index is 378. The molecule has 1 unspecified atom stereocenters. The van der Waals surface area contributed by atoms with Crippen molar-refractivity contribution < 1.29 is 13.2 Å². The van der Waals surface area contributed by atoms with E-state index in [0.717, 1.165) is 25.8 Å². The largest absolute Gasteiger partial charge is 0.343 e. The number of halogens is 1. The Morgan fingerprint density at radius 1 is 1.39 bits per heavy atom. The number of rotatable bonds is 4. The molecule has 1 atom stereocenters. The molecule has 1 aliphatic heterocycles. The SMILES string of the molecule is CN(CCS(C)(=O)=O)C(=O)C1(C)CCCCN1.Cl. The first-order chi connectivity index (χ1) is 7.75. The lowest BCUT2D eigenvalue weighted by molar-refractivity contribution is -0.137. The lowest BCUT2D eigenvalue weighted by Crippen LogP contribution is -2.57. The number of hydrogen-bond acceptors (Lipinski definition) is 4. The summed E-state index contributed by atoms with van der Waals surface area (Å²) in [5.41, 5.74) is -0.523. The summed E-state index contributed by atoms with van der Waals surface area (Å²) < 4.78 is 22.1. The van der Waals surface area contributed by atoms with Crippen LogP contribution < -0.4 is 5.32 Å². The number of carbonyl (C=O) groups excluding carboxylic acids is 1. The van der Waals surface area contributed by atoms with Gasteiger partial charge in [0.05, 0.1) is 11.3 Å². The molecule has 1 rings (SSSR count). The molecule has 1 aliphatic rings. The van der Waals surface area contributed by atoms with E-state index < -0.39 is 15.4 Å². The fraction of sp³-hybridized carbons (Fsp3) is 0.909. The first kappa shape index (κ1) is 17.7. The molecule has 1 saturated heterocycles. The van der Waals surface area contributed by atoms with Crippen LogP contribution in [0.4, 0.5) is 0 Å². The van der Waals surface area contributed by atoms with Gasteiger partial charge in [0.2, 0.25) is 5.91 Å². The van der Waals surface area contributed by atoms with Crippen molar-refractivity contribution in [3.63, 3.8) is 0 Å². The van der Waals surface area contributed by atoms with Crippen molar-refractivity contribution in [1.82, 2.24) is 10.2 Å². The summed E-state index contributed by atoms with van der Waals surface area (Å²) in [6, 6.07) is 0. The van der Waals surface area contributed by atoms with E-state index in [2.05, 4.69) is 5.32 Å². The Labute approximate surface area is 116 Å². The Morgan fingerprint density at radius 2 is 2.00 bits per heavy atom. The predicted octanol–water partition coefficient (Wildman–Crippen LogP) is 0.443. The van der Waals surface area contributed by atoms with Gasteiger partial charge in [-0.1, -0.05) is 0 Å². The zero-order valence-corrected chi connectivity index (χ0v) is 12.9. The van der Waals surface area contributed by atoms with Crippen LogP contribution in [0.1, 0.15) is 26.2 Å². The lowest BCUT2D eigenvalue weighted by atomic mass is 9.89. The molecule has 1 fully saturated rings. The van der Waals surface area contributed by atoms with Gasteiger partial charge < -0.3 is 10.2 Å². The number of piperidine rings is 1. The maximum Gasteiger partial charge on any atom is 0.242 e. The van der Waals surface area contributed by atoms with E-state index in [1.165, 1.54) is 11.2 Å². The van der Waals surface area contributed by atoms with Crippen molar-refractivity contribution in [1.29, 1.82) is 0 Å². The maximum absolute atomic E-state index is 12.2. The number of nitrogens with one attached hydrogen (secondary N) is 1. The van der Waals surface area contributed by atoms with Crippen LogP contribution in [0, 0.1) is 0 Å². The zero-order valence-electron chi connectivity index (χ0n) is 11.2. The van der Waals surface area contributed by atoms with Gasteiger partial charge >= 0.3 is 0 Å². The van der Waals surface area contributed by atoms with Gasteiger partial charge in [-0.15, -0.1) is 12.4 Å². The highest BCUT2D eigenvalue weighted by Gasteiger charge is 2.36. The van der Waals surface area contributed by atoms with Crippen molar-refractivity contribution in [3.05, 3.63) is 0 Å². The fourth-order valence-electron chi connectivity index (χ4n) is 2.06. The number of amides is 1. The molecule has 0 bridgehead atoms. The summed E-state index contributed by atoms with van der Waals surface area (Å²) in [6.45, 7) is 3.00. The van der Waals surface area contributed by atoms with Gasteiger partial charge in [-0.3, -0.25) is 4.79 Å². The number of nitrogens with zero attached hydrogens (tertiary/aromatic N) is 1. The molecule has 18 heavy (non-hydrogen) atoms. The second-order valence-corrected chi connectivity index (χ2v) is 7.33. The van der Waals surface area contributed by atoms with Gasteiger partial charge in [-0.25, -0.2) is 8.42 Å². The molecule has 0 aromatic heterocycles. The minimum Gasteiger partial charge on any atom is -0.343 e. The molecule has 7 heteroatoms. The summed E-state index contributed by atoms with van der Waals surface area (Å²) in [5, 5.41) is 3.23. The van der Waals surface area contributed by atoms with Crippen LogP contribution in [0.3, 0.4) is 0 Å². The van der Waals surface area contributed by atoms with E-state index in [-0.39, 0.29) is 30.6 Å². The summed E-state index contributed by atoms with van der Waals surface area (Å²) >= 11 is 0. The van der Waals surface area contributed by atoms with Crippen molar-refractivity contribution in [2.45, 2.75) is 31.7 Å². The third-order valence-corrected chi connectivity index (χ3v) is 4.16. The summed E-state index contributed by atoms with van der Waals surface area (Å²) in [5.74, 6) is 0.00606. The van der Waals surface area contributed by atoms with E-state index in [9.17, 15) is 13.2 Å². The number of sulfone groups is 1. The molecule has 0 radical (unpaired) electrons. The zero-order chi connectivity index (χ0) is 13.1. The Balaban J connectivity index is 0.00000289. The molecule has 1 N–H and O–H groups in total. The Morgan fingerprint density at radius 3 is 2.44 bits per heavy atom. The highest BCUT2D eigenvalue weighted by atomic mass is 35.5. The summed E-state index contributed by atoms with van der Waals surface area (Å²) in [7, 11) is -1.36. The van der Waals surface area contributed by atoms with Gasteiger partial charge in [0.25, 0.3) is 0 Å². The molecular formula is C11H23ClN2O3S. The Kier molecular flexibility index (Phi) is 6.60. The highest BCUT2D eigenvalue weighted by molar-refractivity contribution is 7.90. The maximum atomic E-state index is 12.2. The second-order valence-electron chi connectivity index (χ2n) is 5.07. The van der Waals surface area contributed by atoms with Crippen LogP contribution in [0.2, 0.25) is 0 Å². The molecule has 0 aliphatic carbocycles. The molecular weight excluding hydrogens is 276 g/mol. The number of carbonyl (C=O) groups is 1. The predicted molar refractivity (Wildman–Crippen MR) is 74.9 cm³/mol. The van der Waals surface area contributed by atoms with E-state index >= 15 is 0 Å². The van der Waals surface area contributed by atoms with Crippen LogP contribution in [0.25, 0.3) is 0 Å². The van der Waals surface area contributed by atoms with E-state index in [0.29, 0.717) is 0 Å². The Hall–Kier alpha value is -0.330. The standard InChI is InChI=1S/C11H22N2O3S.ClH/c1-11(6-4-5-7-12-11)10(14)13(2)8-9-17(3,15)16;/h12H,4-9H2,1-3H3;1H. The minimum atomic E-state index is -3.02. The summed E-state index contributed by atoms with van der Waals surface area (Å²) in [4.78, 5) is 13.7. The van der Waals surface area contributed by atoms with Gasteiger partial charge in [-0.2, -0.15) is 0 Å². The van der Waals surface area contributed by atoms with Crippen LogP contribution in [0.5, 0.6) is 0 Å². The van der Waals surface area contributed by atoms with Crippen LogP contribution in [-0.2, 0) is 14.6 Å². The topological polar surface area (TPSA) is 66.5 Å². The molecule has 5 nitrogen and oxygen atoms in total. The van der Waals surface area contributed by atoms with Crippen molar-refractivity contribution >= 4 is 28.2 Å². The molecule has 0 aromatic carbocycles. The van der Waals surface area contributed by atoms with E-state index in [1.807, 2.05) is 6.92 Å².